The van der Waals surface area contributed by atoms with Gasteiger partial charge in [-0.25, -0.2) is 0 Å². The fourth-order valence-electron chi connectivity index (χ4n) is 1.16. The van der Waals surface area contributed by atoms with Crippen molar-refractivity contribution in [1.29, 1.82) is 0 Å². The van der Waals surface area contributed by atoms with Crippen LogP contribution in [0.15, 0.2) is 24.3 Å². The average Bonchev–Trinajstić information content (AvgIpc) is 2.13. The normalized spacial score (nSPS) is 13.9. The summed E-state index contributed by atoms with van der Waals surface area (Å²) in [6, 6.07) is 6.41. The van der Waals surface area contributed by atoms with E-state index in [0.29, 0.717) is 5.02 Å². The number of hydrogen-bond acceptors (Lipinski definition) is 1. The molecule has 1 atom stereocenters. The Morgan fingerprint density at radius 3 is 2.60 bits per heavy atom. The monoisotopic (exact) mass is 237 g/mol. The highest BCUT2D eigenvalue weighted by atomic mass is 35.5. The molecule has 0 saturated carbocycles. The Kier molecular flexibility index (Phi) is 3.99. The highest BCUT2D eigenvalue weighted by Gasteiger charge is 2.27. The van der Waals surface area contributed by atoms with Crippen molar-refractivity contribution in [2.75, 3.05) is 6.54 Å². The molecule has 0 aliphatic heterocycles. The van der Waals surface area contributed by atoms with Crippen LogP contribution >= 0.6 is 11.6 Å². The Hall–Kier alpha value is -0.740. The van der Waals surface area contributed by atoms with E-state index >= 15 is 0 Å². The molecular formula is C10H11ClF3N. The Morgan fingerprint density at radius 2 is 2.07 bits per heavy atom. The molecular weight excluding hydrogens is 227 g/mol. The first-order chi connectivity index (χ1) is 6.88. The summed E-state index contributed by atoms with van der Waals surface area (Å²) < 4.78 is 35.8. The molecule has 0 heterocycles. The summed E-state index contributed by atoms with van der Waals surface area (Å²) in [6.07, 6.45) is -4.19. The lowest BCUT2D eigenvalue weighted by Gasteiger charge is -2.15. The summed E-state index contributed by atoms with van der Waals surface area (Å²) in [5.74, 6) is 0. The standard InChI is InChI=1S/C10H11ClF3N/c1-7(15-6-10(12,13)14)8-3-2-4-9(11)5-8/h2-5,7,15H,6H2,1H3/t7-/m0/s1. The van der Waals surface area contributed by atoms with Gasteiger partial charge in [-0.05, 0) is 24.6 Å². The second kappa shape index (κ2) is 4.86. The smallest absolute Gasteiger partial charge is 0.302 e. The van der Waals surface area contributed by atoms with Gasteiger partial charge in [-0.1, -0.05) is 23.7 Å². The van der Waals surface area contributed by atoms with E-state index in [4.69, 9.17) is 11.6 Å². The zero-order chi connectivity index (χ0) is 11.5. The maximum atomic E-state index is 11.9. The van der Waals surface area contributed by atoms with E-state index in [9.17, 15) is 13.2 Å². The minimum absolute atomic E-state index is 0.370. The van der Waals surface area contributed by atoms with Crippen molar-refractivity contribution in [3.05, 3.63) is 34.9 Å². The highest BCUT2D eigenvalue weighted by molar-refractivity contribution is 6.30. The number of rotatable bonds is 3. The third-order valence-corrected chi connectivity index (χ3v) is 2.19. The molecule has 15 heavy (non-hydrogen) atoms. The van der Waals surface area contributed by atoms with Gasteiger partial charge in [-0.3, -0.25) is 0 Å². The van der Waals surface area contributed by atoms with E-state index in [1.807, 2.05) is 0 Å². The van der Waals surface area contributed by atoms with E-state index in [2.05, 4.69) is 5.32 Å². The van der Waals surface area contributed by atoms with Crippen LogP contribution in [-0.4, -0.2) is 12.7 Å². The summed E-state index contributed by atoms with van der Waals surface area (Å²) in [4.78, 5) is 0. The molecule has 0 radical (unpaired) electrons. The summed E-state index contributed by atoms with van der Waals surface area (Å²) in [6.45, 7) is 0.665. The predicted molar refractivity (Wildman–Crippen MR) is 53.9 cm³/mol. The Labute approximate surface area is 91.2 Å². The SMILES string of the molecule is C[C@H](NCC(F)(F)F)c1cccc(Cl)c1. The van der Waals surface area contributed by atoms with Gasteiger partial charge in [0, 0.05) is 11.1 Å². The maximum absolute atomic E-state index is 11.9. The third-order valence-electron chi connectivity index (χ3n) is 1.96. The number of alkyl halides is 3. The van der Waals surface area contributed by atoms with Gasteiger partial charge in [-0.15, -0.1) is 0 Å². The molecule has 1 rings (SSSR count). The predicted octanol–water partition coefficient (Wildman–Crippen LogP) is 3.55. The van der Waals surface area contributed by atoms with Gasteiger partial charge in [0.05, 0.1) is 6.54 Å². The molecule has 84 valence electrons. The van der Waals surface area contributed by atoms with E-state index in [0.717, 1.165) is 5.56 Å². The van der Waals surface area contributed by atoms with Crippen molar-refractivity contribution >= 4 is 11.6 Å². The highest BCUT2D eigenvalue weighted by Crippen LogP contribution is 2.19. The largest absolute Gasteiger partial charge is 0.401 e. The topological polar surface area (TPSA) is 12.0 Å². The minimum atomic E-state index is -4.19. The molecule has 0 saturated heterocycles. The van der Waals surface area contributed by atoms with Crippen LogP contribution < -0.4 is 5.32 Å². The molecule has 0 unspecified atom stereocenters. The first kappa shape index (κ1) is 12.3. The van der Waals surface area contributed by atoms with Crippen LogP contribution in [0, 0.1) is 0 Å². The first-order valence-corrected chi connectivity index (χ1v) is 4.82. The molecule has 0 aliphatic carbocycles. The Morgan fingerprint density at radius 1 is 1.40 bits per heavy atom. The van der Waals surface area contributed by atoms with Gasteiger partial charge >= 0.3 is 6.18 Å². The zero-order valence-corrected chi connectivity index (χ0v) is 8.86. The third kappa shape index (κ3) is 4.53. The number of nitrogens with one attached hydrogen (secondary N) is 1. The molecule has 1 aromatic carbocycles. The van der Waals surface area contributed by atoms with Gasteiger partial charge in [0.25, 0.3) is 0 Å². The van der Waals surface area contributed by atoms with Crippen molar-refractivity contribution in [2.24, 2.45) is 0 Å². The van der Waals surface area contributed by atoms with E-state index in [-0.39, 0.29) is 6.04 Å². The van der Waals surface area contributed by atoms with Crippen molar-refractivity contribution in [3.63, 3.8) is 0 Å². The lowest BCUT2D eigenvalue weighted by Crippen LogP contribution is -2.30. The number of benzene rings is 1. The molecule has 0 bridgehead atoms. The summed E-state index contributed by atoms with van der Waals surface area (Å²) in [5, 5.41) is 2.90. The molecule has 0 aliphatic rings. The molecule has 1 nitrogen and oxygen atoms in total. The molecule has 1 N–H and O–H groups in total. The minimum Gasteiger partial charge on any atom is -0.302 e. The fourth-order valence-corrected chi connectivity index (χ4v) is 1.36. The van der Waals surface area contributed by atoms with Gasteiger partial charge in [0.1, 0.15) is 0 Å². The van der Waals surface area contributed by atoms with Crippen LogP contribution in [0.5, 0.6) is 0 Å². The van der Waals surface area contributed by atoms with Gasteiger partial charge in [0.2, 0.25) is 0 Å². The summed E-state index contributed by atoms with van der Waals surface area (Å²) in [5.41, 5.74) is 0.742. The number of halogens is 4. The fraction of sp³-hybridized carbons (Fsp3) is 0.400. The van der Waals surface area contributed by atoms with Crippen LogP contribution in [0.2, 0.25) is 5.02 Å². The van der Waals surface area contributed by atoms with E-state index < -0.39 is 12.7 Å². The van der Waals surface area contributed by atoms with Crippen molar-refractivity contribution in [3.8, 4) is 0 Å². The number of hydrogen-bond donors (Lipinski definition) is 1. The molecule has 0 amide bonds. The maximum Gasteiger partial charge on any atom is 0.401 e. The van der Waals surface area contributed by atoms with E-state index in [1.54, 1.807) is 31.2 Å². The second-order valence-corrected chi connectivity index (χ2v) is 3.71. The quantitative estimate of drug-likeness (QED) is 0.848. The van der Waals surface area contributed by atoms with Crippen LogP contribution in [0.3, 0.4) is 0 Å². The lowest BCUT2D eigenvalue weighted by molar-refractivity contribution is -0.126. The first-order valence-electron chi connectivity index (χ1n) is 4.44. The zero-order valence-electron chi connectivity index (χ0n) is 8.11. The summed E-state index contributed by atoms with van der Waals surface area (Å²) in [7, 11) is 0. The van der Waals surface area contributed by atoms with Crippen LogP contribution in [0.4, 0.5) is 13.2 Å². The second-order valence-electron chi connectivity index (χ2n) is 3.27. The Bertz CT molecular complexity index is 325. The van der Waals surface area contributed by atoms with Crippen molar-refractivity contribution in [1.82, 2.24) is 5.32 Å². The molecule has 0 fully saturated rings. The van der Waals surface area contributed by atoms with Crippen molar-refractivity contribution < 1.29 is 13.2 Å². The molecule has 0 spiro atoms. The lowest BCUT2D eigenvalue weighted by atomic mass is 10.1. The van der Waals surface area contributed by atoms with Gasteiger partial charge in [0.15, 0.2) is 0 Å². The van der Waals surface area contributed by atoms with Crippen LogP contribution in [0.25, 0.3) is 0 Å². The Balaban J connectivity index is 2.58. The van der Waals surface area contributed by atoms with E-state index in [1.165, 1.54) is 0 Å². The molecule has 5 heteroatoms. The van der Waals surface area contributed by atoms with Gasteiger partial charge < -0.3 is 5.32 Å². The summed E-state index contributed by atoms with van der Waals surface area (Å²) >= 11 is 5.73. The van der Waals surface area contributed by atoms with Gasteiger partial charge in [-0.2, -0.15) is 13.2 Å². The van der Waals surface area contributed by atoms with Crippen molar-refractivity contribution in [2.45, 2.75) is 19.1 Å². The van der Waals surface area contributed by atoms with Crippen LogP contribution in [0.1, 0.15) is 18.5 Å². The molecule has 1 aromatic rings. The molecule has 0 aromatic heterocycles. The average molecular weight is 238 g/mol. The van der Waals surface area contributed by atoms with Crippen LogP contribution in [-0.2, 0) is 0 Å².